The summed E-state index contributed by atoms with van der Waals surface area (Å²) in [5, 5.41) is 8.41. The molecule has 0 saturated heterocycles. The van der Waals surface area contributed by atoms with E-state index in [0.29, 0.717) is 11.8 Å². The molecule has 0 aliphatic rings. The Morgan fingerprint density at radius 1 is 1.03 bits per heavy atom. The molecule has 0 bridgehead atoms. The zero-order chi connectivity index (χ0) is 20.4. The van der Waals surface area contributed by atoms with Crippen molar-refractivity contribution in [1.29, 1.82) is 0 Å². The summed E-state index contributed by atoms with van der Waals surface area (Å²) >= 11 is 1.48. The van der Waals surface area contributed by atoms with E-state index in [4.69, 9.17) is 0 Å². The van der Waals surface area contributed by atoms with Gasteiger partial charge in [0.1, 0.15) is 5.82 Å². The van der Waals surface area contributed by atoms with E-state index < -0.39 is 0 Å². The second-order valence-corrected chi connectivity index (χ2v) is 7.71. The zero-order valence-electron chi connectivity index (χ0n) is 16.4. The molecule has 3 aromatic heterocycles. The summed E-state index contributed by atoms with van der Waals surface area (Å²) in [4.78, 5) is 26.9. The average molecular weight is 404 g/mol. The predicted octanol–water partition coefficient (Wildman–Crippen LogP) is 3.87. The van der Waals surface area contributed by atoms with Crippen LogP contribution in [0.4, 0.5) is 5.82 Å². The number of aryl methyl sites for hydroxylation is 3. The van der Waals surface area contributed by atoms with Crippen molar-refractivity contribution in [2.24, 2.45) is 0 Å². The number of carbonyl (C=O) groups is 1. The Hall–Kier alpha value is -3.26. The average Bonchev–Trinajstić information content (AvgIpc) is 3.05. The van der Waals surface area contributed by atoms with Gasteiger partial charge in [-0.2, -0.15) is 9.78 Å². The number of carbonyl (C=O) groups excluding carboxylic acids is 1. The molecule has 8 heteroatoms. The van der Waals surface area contributed by atoms with Crippen molar-refractivity contribution >= 4 is 34.4 Å². The first-order chi connectivity index (χ1) is 14.0. The van der Waals surface area contributed by atoms with Crippen LogP contribution >= 0.6 is 11.8 Å². The Balaban J connectivity index is 1.52. The third kappa shape index (κ3) is 4.27. The van der Waals surface area contributed by atoms with Gasteiger partial charge < -0.3 is 5.32 Å². The maximum absolute atomic E-state index is 12.6. The number of thioether (sulfide) groups is 1. The standard InChI is InChI=1S/C21H20N6OS/c1-13-10-14(2)24-21(23-13)27-19(11-15(3)26-27)25-20(28)12-29-18-8-9-22-17-7-5-4-6-16(17)18/h4-11H,12H2,1-3H3,(H,25,28). The summed E-state index contributed by atoms with van der Waals surface area (Å²) < 4.78 is 1.57. The van der Waals surface area contributed by atoms with Gasteiger partial charge in [-0.25, -0.2) is 9.97 Å². The highest BCUT2D eigenvalue weighted by molar-refractivity contribution is 8.00. The number of fused-ring (bicyclic) bond motifs is 1. The van der Waals surface area contributed by atoms with Crippen molar-refractivity contribution in [2.45, 2.75) is 25.7 Å². The van der Waals surface area contributed by atoms with Gasteiger partial charge in [0.05, 0.1) is 17.0 Å². The number of anilines is 1. The van der Waals surface area contributed by atoms with Crippen LogP contribution in [0.2, 0.25) is 0 Å². The van der Waals surface area contributed by atoms with E-state index in [1.165, 1.54) is 11.8 Å². The van der Waals surface area contributed by atoms with Crippen LogP contribution in [0, 0.1) is 20.8 Å². The Kier molecular flexibility index (Phi) is 5.26. The minimum Gasteiger partial charge on any atom is -0.310 e. The highest BCUT2D eigenvalue weighted by Gasteiger charge is 2.14. The molecule has 4 aromatic rings. The minimum atomic E-state index is -0.124. The molecule has 1 N–H and O–H groups in total. The molecule has 0 aliphatic heterocycles. The molecule has 3 heterocycles. The van der Waals surface area contributed by atoms with Gasteiger partial charge in [-0.1, -0.05) is 18.2 Å². The van der Waals surface area contributed by atoms with Gasteiger partial charge in [0.15, 0.2) is 0 Å². The Labute approximate surface area is 172 Å². The normalized spacial score (nSPS) is 11.0. The van der Waals surface area contributed by atoms with Crippen molar-refractivity contribution in [1.82, 2.24) is 24.7 Å². The molecule has 1 amide bonds. The number of benzene rings is 1. The van der Waals surface area contributed by atoms with E-state index >= 15 is 0 Å². The summed E-state index contributed by atoms with van der Waals surface area (Å²) in [5.74, 6) is 1.14. The maximum Gasteiger partial charge on any atom is 0.252 e. The number of hydrogen-bond acceptors (Lipinski definition) is 6. The number of para-hydroxylation sites is 1. The second-order valence-electron chi connectivity index (χ2n) is 6.70. The highest BCUT2D eigenvalue weighted by Crippen LogP contribution is 2.26. The molecule has 0 atom stereocenters. The lowest BCUT2D eigenvalue weighted by Crippen LogP contribution is -2.18. The molecular formula is C21H20N6OS. The molecule has 0 aliphatic carbocycles. The van der Waals surface area contributed by atoms with Crippen LogP contribution in [-0.4, -0.2) is 36.4 Å². The molecule has 0 saturated carbocycles. The van der Waals surface area contributed by atoms with Crippen LogP contribution in [0.15, 0.2) is 53.6 Å². The summed E-state index contributed by atoms with van der Waals surface area (Å²) in [5.41, 5.74) is 3.38. The van der Waals surface area contributed by atoms with Gasteiger partial charge in [0.2, 0.25) is 5.91 Å². The summed E-state index contributed by atoms with van der Waals surface area (Å²) in [6.07, 6.45) is 1.76. The summed E-state index contributed by atoms with van der Waals surface area (Å²) in [6, 6.07) is 13.5. The molecule has 1 aromatic carbocycles. The highest BCUT2D eigenvalue weighted by atomic mass is 32.2. The predicted molar refractivity (Wildman–Crippen MR) is 114 cm³/mol. The van der Waals surface area contributed by atoms with Gasteiger partial charge in [-0.3, -0.25) is 9.78 Å². The van der Waals surface area contributed by atoms with Crippen molar-refractivity contribution in [3.8, 4) is 5.95 Å². The lowest BCUT2D eigenvalue weighted by Gasteiger charge is -2.09. The van der Waals surface area contributed by atoms with Gasteiger partial charge in [0, 0.05) is 33.9 Å². The number of hydrogen-bond donors (Lipinski definition) is 1. The summed E-state index contributed by atoms with van der Waals surface area (Å²) in [7, 11) is 0. The van der Waals surface area contributed by atoms with Gasteiger partial charge >= 0.3 is 0 Å². The van der Waals surface area contributed by atoms with Gasteiger partial charge in [-0.05, 0) is 39.0 Å². The van der Waals surface area contributed by atoms with Crippen molar-refractivity contribution < 1.29 is 4.79 Å². The van der Waals surface area contributed by atoms with E-state index in [2.05, 4.69) is 25.4 Å². The third-order valence-corrected chi connectivity index (χ3v) is 5.30. The number of rotatable bonds is 5. The first-order valence-electron chi connectivity index (χ1n) is 9.15. The Morgan fingerprint density at radius 2 is 1.79 bits per heavy atom. The Bertz CT molecular complexity index is 1180. The van der Waals surface area contributed by atoms with Crippen LogP contribution in [-0.2, 0) is 4.79 Å². The largest absolute Gasteiger partial charge is 0.310 e. The number of nitrogens with zero attached hydrogens (tertiary/aromatic N) is 5. The molecule has 0 unspecified atom stereocenters. The third-order valence-electron chi connectivity index (χ3n) is 4.23. The van der Waals surface area contributed by atoms with E-state index in [9.17, 15) is 4.79 Å². The molecule has 146 valence electrons. The topological polar surface area (TPSA) is 85.6 Å². The fourth-order valence-electron chi connectivity index (χ4n) is 3.06. The lowest BCUT2D eigenvalue weighted by molar-refractivity contribution is -0.113. The van der Waals surface area contributed by atoms with Crippen molar-refractivity contribution in [3.05, 3.63) is 65.7 Å². The molecule has 29 heavy (non-hydrogen) atoms. The van der Waals surface area contributed by atoms with Crippen molar-refractivity contribution in [3.63, 3.8) is 0 Å². The van der Waals surface area contributed by atoms with Gasteiger partial charge in [-0.15, -0.1) is 11.8 Å². The smallest absolute Gasteiger partial charge is 0.252 e. The lowest BCUT2D eigenvalue weighted by atomic mass is 10.2. The van der Waals surface area contributed by atoms with E-state index in [-0.39, 0.29) is 11.7 Å². The molecule has 0 spiro atoms. The fraction of sp³-hybridized carbons (Fsp3) is 0.190. The number of pyridine rings is 1. The minimum absolute atomic E-state index is 0.124. The molecule has 0 radical (unpaired) electrons. The van der Waals surface area contributed by atoms with Gasteiger partial charge in [0.25, 0.3) is 5.95 Å². The van der Waals surface area contributed by atoms with E-state index in [1.807, 2.05) is 63.2 Å². The zero-order valence-corrected chi connectivity index (χ0v) is 17.2. The van der Waals surface area contributed by atoms with Crippen LogP contribution in [0.5, 0.6) is 0 Å². The van der Waals surface area contributed by atoms with Crippen LogP contribution in [0.25, 0.3) is 16.9 Å². The van der Waals surface area contributed by atoms with Crippen molar-refractivity contribution in [2.75, 3.05) is 11.1 Å². The summed E-state index contributed by atoms with van der Waals surface area (Å²) in [6.45, 7) is 5.68. The molecule has 7 nitrogen and oxygen atoms in total. The van der Waals surface area contributed by atoms with E-state index in [1.54, 1.807) is 10.9 Å². The molecule has 4 rings (SSSR count). The SMILES string of the molecule is Cc1cc(C)nc(-n2nc(C)cc2NC(=O)CSc2ccnc3ccccc23)n1. The first kappa shape index (κ1) is 19.1. The van der Waals surface area contributed by atoms with E-state index in [0.717, 1.165) is 32.9 Å². The maximum atomic E-state index is 12.6. The van der Waals surface area contributed by atoms with Crippen LogP contribution < -0.4 is 5.32 Å². The first-order valence-corrected chi connectivity index (χ1v) is 10.1. The fourth-order valence-corrected chi connectivity index (χ4v) is 3.90. The monoisotopic (exact) mass is 404 g/mol. The quantitative estimate of drug-likeness (QED) is 0.508. The number of amides is 1. The number of nitrogens with one attached hydrogen (secondary N) is 1. The Morgan fingerprint density at radius 3 is 2.59 bits per heavy atom. The van der Waals surface area contributed by atoms with Crippen LogP contribution in [0.1, 0.15) is 17.1 Å². The van der Waals surface area contributed by atoms with Crippen LogP contribution in [0.3, 0.4) is 0 Å². The molecular weight excluding hydrogens is 384 g/mol. The second kappa shape index (κ2) is 8.00. The number of aromatic nitrogens is 5. The molecule has 0 fully saturated rings.